The van der Waals surface area contributed by atoms with Gasteiger partial charge in [0.05, 0.1) is 19.3 Å². The zero-order chi connectivity index (χ0) is 13.7. The first kappa shape index (κ1) is 14.0. The molecular formula is C13H22N4O2. The molecular weight excluding hydrogens is 244 g/mol. The predicted molar refractivity (Wildman–Crippen MR) is 74.7 cm³/mol. The Bertz CT molecular complexity index is 460. The average molecular weight is 266 g/mol. The van der Waals surface area contributed by atoms with Gasteiger partial charge in [-0.2, -0.15) is 0 Å². The number of likely N-dealkylation sites (N-methyl/N-ethyl adjacent to an activating group) is 1. The summed E-state index contributed by atoms with van der Waals surface area (Å²) in [7, 11) is 0. The van der Waals surface area contributed by atoms with Crippen LogP contribution in [0.3, 0.4) is 0 Å². The van der Waals surface area contributed by atoms with Crippen LogP contribution in [0, 0.1) is 0 Å². The van der Waals surface area contributed by atoms with Crippen molar-refractivity contribution in [3.8, 4) is 0 Å². The van der Waals surface area contributed by atoms with Gasteiger partial charge < -0.3 is 19.9 Å². The highest BCUT2D eigenvalue weighted by Gasteiger charge is 2.24. The number of anilines is 1. The molecule has 1 aromatic rings. The van der Waals surface area contributed by atoms with Crippen LogP contribution < -0.4 is 15.8 Å². The minimum Gasteiger partial charge on any atom is -0.377 e. The van der Waals surface area contributed by atoms with E-state index in [2.05, 4.69) is 27.1 Å². The third-order valence-electron chi connectivity index (χ3n) is 3.26. The fourth-order valence-corrected chi connectivity index (χ4v) is 2.25. The number of nitrogens with one attached hydrogen (secondary N) is 2. The lowest BCUT2D eigenvalue weighted by atomic mass is 10.2. The van der Waals surface area contributed by atoms with Gasteiger partial charge >= 0.3 is 0 Å². The second kappa shape index (κ2) is 6.68. The van der Waals surface area contributed by atoms with Crippen molar-refractivity contribution >= 4 is 5.82 Å². The van der Waals surface area contributed by atoms with Crippen LogP contribution in [0.15, 0.2) is 10.9 Å². The Balaban J connectivity index is 2.21. The number of ether oxygens (including phenoxy) is 1. The Labute approximate surface area is 113 Å². The van der Waals surface area contributed by atoms with Crippen LogP contribution in [0.2, 0.25) is 0 Å². The second-order valence-electron chi connectivity index (χ2n) is 4.63. The maximum Gasteiger partial charge on any atom is 0.252 e. The third kappa shape index (κ3) is 3.54. The summed E-state index contributed by atoms with van der Waals surface area (Å²) in [6.45, 7) is 7.95. The van der Waals surface area contributed by atoms with Crippen molar-refractivity contribution < 1.29 is 4.74 Å². The van der Waals surface area contributed by atoms with Gasteiger partial charge in [-0.3, -0.25) is 4.79 Å². The first-order valence-corrected chi connectivity index (χ1v) is 6.90. The van der Waals surface area contributed by atoms with Crippen LogP contribution in [0.4, 0.5) is 5.82 Å². The number of hydrogen-bond donors (Lipinski definition) is 2. The van der Waals surface area contributed by atoms with Crippen molar-refractivity contribution in [2.75, 3.05) is 37.7 Å². The van der Waals surface area contributed by atoms with Gasteiger partial charge in [-0.1, -0.05) is 13.8 Å². The van der Waals surface area contributed by atoms with Gasteiger partial charge in [0.1, 0.15) is 11.6 Å². The molecule has 19 heavy (non-hydrogen) atoms. The zero-order valence-corrected chi connectivity index (χ0v) is 11.6. The molecule has 2 heterocycles. The number of nitrogens with zero attached hydrogens (tertiary/aromatic N) is 2. The molecule has 0 saturated carbocycles. The minimum atomic E-state index is -0.0875. The maximum absolute atomic E-state index is 11.7. The summed E-state index contributed by atoms with van der Waals surface area (Å²) in [5.41, 5.74) is -0.0875. The lowest BCUT2D eigenvalue weighted by Gasteiger charge is -2.36. The van der Waals surface area contributed by atoms with E-state index in [1.807, 2.05) is 6.92 Å². The maximum atomic E-state index is 11.7. The summed E-state index contributed by atoms with van der Waals surface area (Å²) in [5.74, 6) is 1.49. The van der Waals surface area contributed by atoms with Crippen LogP contribution in [0.5, 0.6) is 0 Å². The molecule has 0 bridgehead atoms. The Hall–Kier alpha value is -1.40. The zero-order valence-electron chi connectivity index (χ0n) is 11.6. The fraction of sp³-hybridized carbons (Fsp3) is 0.692. The van der Waals surface area contributed by atoms with Crippen LogP contribution in [0.25, 0.3) is 0 Å². The van der Waals surface area contributed by atoms with E-state index in [4.69, 9.17) is 4.74 Å². The highest BCUT2D eigenvalue weighted by atomic mass is 16.5. The van der Waals surface area contributed by atoms with Gasteiger partial charge in [0.15, 0.2) is 0 Å². The molecule has 1 atom stereocenters. The Morgan fingerprint density at radius 3 is 3.16 bits per heavy atom. The van der Waals surface area contributed by atoms with Gasteiger partial charge in [0.2, 0.25) is 0 Å². The molecule has 0 aromatic carbocycles. The topological polar surface area (TPSA) is 70.2 Å². The van der Waals surface area contributed by atoms with E-state index in [1.54, 1.807) is 6.07 Å². The summed E-state index contributed by atoms with van der Waals surface area (Å²) in [6, 6.07) is 1.80. The van der Waals surface area contributed by atoms with Gasteiger partial charge in [-0.05, 0) is 6.54 Å². The molecule has 1 aromatic heterocycles. The van der Waals surface area contributed by atoms with Crippen LogP contribution >= 0.6 is 0 Å². The van der Waals surface area contributed by atoms with Gasteiger partial charge in [-0.25, -0.2) is 4.98 Å². The number of aryl methyl sites for hydroxylation is 1. The van der Waals surface area contributed by atoms with E-state index in [0.29, 0.717) is 13.2 Å². The first-order chi connectivity index (χ1) is 9.24. The average Bonchev–Trinajstić information content (AvgIpc) is 2.44. The molecule has 106 valence electrons. The van der Waals surface area contributed by atoms with Crippen molar-refractivity contribution in [2.24, 2.45) is 0 Å². The monoisotopic (exact) mass is 266 g/mol. The number of H-pyrrole nitrogens is 1. The van der Waals surface area contributed by atoms with E-state index in [1.165, 1.54) is 0 Å². The van der Waals surface area contributed by atoms with E-state index in [9.17, 15) is 4.79 Å². The molecule has 0 amide bonds. The number of aromatic amines is 1. The minimum absolute atomic E-state index is 0.0875. The molecule has 1 saturated heterocycles. The van der Waals surface area contributed by atoms with Gasteiger partial charge in [0.25, 0.3) is 5.56 Å². The molecule has 6 nitrogen and oxygen atoms in total. The highest BCUT2D eigenvalue weighted by molar-refractivity contribution is 5.39. The van der Waals surface area contributed by atoms with Crippen LogP contribution in [0.1, 0.15) is 19.7 Å². The van der Waals surface area contributed by atoms with Crippen molar-refractivity contribution in [3.63, 3.8) is 0 Å². The second-order valence-corrected chi connectivity index (χ2v) is 4.63. The van der Waals surface area contributed by atoms with Crippen molar-refractivity contribution in [3.05, 3.63) is 22.2 Å². The van der Waals surface area contributed by atoms with E-state index in [-0.39, 0.29) is 11.6 Å². The normalized spacial score (nSPS) is 19.7. The summed E-state index contributed by atoms with van der Waals surface area (Å²) in [4.78, 5) is 21.1. The first-order valence-electron chi connectivity index (χ1n) is 6.90. The van der Waals surface area contributed by atoms with E-state index in [0.717, 1.165) is 37.7 Å². The lowest BCUT2D eigenvalue weighted by molar-refractivity contribution is 0.0934. The molecule has 0 radical (unpaired) electrons. The molecule has 6 heteroatoms. The predicted octanol–water partition coefficient (Wildman–Crippen LogP) is 0.147. The Morgan fingerprint density at radius 1 is 1.58 bits per heavy atom. The van der Waals surface area contributed by atoms with E-state index >= 15 is 0 Å². The quantitative estimate of drug-likeness (QED) is 0.794. The number of aromatic nitrogens is 2. The third-order valence-corrected chi connectivity index (χ3v) is 3.26. The fourth-order valence-electron chi connectivity index (χ4n) is 2.25. The molecule has 2 N–H and O–H groups in total. The number of hydrogen-bond acceptors (Lipinski definition) is 5. The number of rotatable bonds is 5. The SMILES string of the molecule is CCNCC1COCCN1c1cc(=O)[nH]c(CC)n1. The summed E-state index contributed by atoms with van der Waals surface area (Å²) in [5, 5.41) is 3.33. The molecule has 0 aliphatic carbocycles. The van der Waals surface area contributed by atoms with Crippen molar-refractivity contribution in [2.45, 2.75) is 26.3 Å². The van der Waals surface area contributed by atoms with Gasteiger partial charge in [0, 0.05) is 25.6 Å². The largest absolute Gasteiger partial charge is 0.377 e. The van der Waals surface area contributed by atoms with Gasteiger partial charge in [-0.15, -0.1) is 0 Å². The molecule has 1 aliphatic heterocycles. The van der Waals surface area contributed by atoms with Crippen molar-refractivity contribution in [1.82, 2.24) is 15.3 Å². The van der Waals surface area contributed by atoms with Crippen LogP contribution in [-0.2, 0) is 11.2 Å². The van der Waals surface area contributed by atoms with E-state index < -0.39 is 0 Å². The molecule has 0 spiro atoms. The molecule has 2 rings (SSSR count). The Kier molecular flexibility index (Phi) is 4.93. The summed E-state index contributed by atoms with van der Waals surface area (Å²) in [6.07, 6.45) is 0.727. The lowest BCUT2D eigenvalue weighted by Crippen LogP contribution is -2.51. The summed E-state index contributed by atoms with van der Waals surface area (Å²) < 4.78 is 5.52. The number of morpholine rings is 1. The molecule has 1 unspecified atom stereocenters. The standard InChI is InChI=1S/C13H22N4O2/c1-3-11-15-12(7-13(18)16-11)17-5-6-19-9-10(17)8-14-4-2/h7,10,14H,3-6,8-9H2,1-2H3,(H,15,16,18). The smallest absolute Gasteiger partial charge is 0.252 e. The molecule has 1 fully saturated rings. The summed E-state index contributed by atoms with van der Waals surface area (Å²) >= 11 is 0. The van der Waals surface area contributed by atoms with Crippen molar-refractivity contribution in [1.29, 1.82) is 0 Å². The Morgan fingerprint density at radius 2 is 2.42 bits per heavy atom. The van der Waals surface area contributed by atoms with Crippen LogP contribution in [-0.4, -0.2) is 48.9 Å². The highest BCUT2D eigenvalue weighted by Crippen LogP contribution is 2.15. The molecule has 1 aliphatic rings.